The highest BCUT2D eigenvalue weighted by Crippen LogP contribution is 2.48. The minimum Gasteiger partial charge on any atom is -0.314 e. The van der Waals surface area contributed by atoms with E-state index in [1.165, 1.54) is 38.5 Å². The molecule has 88 valence electrons. The molecule has 0 saturated heterocycles. The molecule has 2 atom stereocenters. The van der Waals surface area contributed by atoms with Crippen LogP contribution in [0, 0.1) is 17.3 Å². The van der Waals surface area contributed by atoms with E-state index in [-0.39, 0.29) is 0 Å². The van der Waals surface area contributed by atoms with Crippen molar-refractivity contribution in [1.82, 2.24) is 5.32 Å². The minimum atomic E-state index is 0.586. The van der Waals surface area contributed by atoms with E-state index < -0.39 is 0 Å². The molecule has 0 aromatic carbocycles. The van der Waals surface area contributed by atoms with Gasteiger partial charge in [0, 0.05) is 6.04 Å². The molecule has 2 rings (SSSR count). The van der Waals surface area contributed by atoms with E-state index in [0.717, 1.165) is 24.4 Å². The van der Waals surface area contributed by atoms with Crippen LogP contribution in [0.1, 0.15) is 59.3 Å². The van der Waals surface area contributed by atoms with Gasteiger partial charge in [0.05, 0.1) is 0 Å². The Kier molecular flexibility index (Phi) is 3.39. The molecule has 0 heterocycles. The standard InChI is InChI=1S/C14H27N/c1-4-15-13(11-7-5-8-11)12-9-6-10-14(12,2)3/h11-13,15H,4-10H2,1-3H3. The van der Waals surface area contributed by atoms with Gasteiger partial charge in [0.25, 0.3) is 0 Å². The van der Waals surface area contributed by atoms with Gasteiger partial charge in [-0.2, -0.15) is 0 Å². The lowest BCUT2D eigenvalue weighted by atomic mass is 9.68. The molecule has 2 aliphatic carbocycles. The normalized spacial score (nSPS) is 32.6. The molecule has 1 nitrogen and oxygen atoms in total. The summed E-state index contributed by atoms with van der Waals surface area (Å²) in [6.45, 7) is 8.36. The second kappa shape index (κ2) is 4.45. The van der Waals surface area contributed by atoms with Gasteiger partial charge in [-0.25, -0.2) is 0 Å². The zero-order valence-electron chi connectivity index (χ0n) is 10.7. The van der Waals surface area contributed by atoms with Crippen LogP contribution in [0.5, 0.6) is 0 Å². The second-order valence-corrected chi connectivity index (χ2v) is 6.26. The number of hydrogen-bond acceptors (Lipinski definition) is 1. The fraction of sp³-hybridized carbons (Fsp3) is 1.00. The molecule has 0 amide bonds. The van der Waals surface area contributed by atoms with Crippen molar-refractivity contribution in [2.24, 2.45) is 17.3 Å². The second-order valence-electron chi connectivity index (χ2n) is 6.26. The summed E-state index contributed by atoms with van der Waals surface area (Å²) in [4.78, 5) is 0. The van der Waals surface area contributed by atoms with Crippen LogP contribution in [0.2, 0.25) is 0 Å². The van der Waals surface area contributed by atoms with Crippen molar-refractivity contribution < 1.29 is 0 Å². The third-order valence-electron chi connectivity index (χ3n) is 4.87. The maximum Gasteiger partial charge on any atom is 0.0129 e. The molecule has 0 radical (unpaired) electrons. The summed E-state index contributed by atoms with van der Waals surface area (Å²) >= 11 is 0. The maximum atomic E-state index is 3.78. The molecule has 0 spiro atoms. The predicted molar refractivity (Wildman–Crippen MR) is 65.9 cm³/mol. The van der Waals surface area contributed by atoms with Crippen LogP contribution in [0.15, 0.2) is 0 Å². The molecule has 2 unspecified atom stereocenters. The Morgan fingerprint density at radius 3 is 2.33 bits per heavy atom. The summed E-state index contributed by atoms with van der Waals surface area (Å²) in [5.41, 5.74) is 0.586. The summed E-state index contributed by atoms with van der Waals surface area (Å²) < 4.78 is 0. The molecule has 1 heteroatoms. The molecular formula is C14H27N. The van der Waals surface area contributed by atoms with Crippen molar-refractivity contribution in [1.29, 1.82) is 0 Å². The van der Waals surface area contributed by atoms with Gasteiger partial charge in [-0.3, -0.25) is 0 Å². The zero-order chi connectivity index (χ0) is 10.9. The van der Waals surface area contributed by atoms with E-state index in [4.69, 9.17) is 0 Å². The van der Waals surface area contributed by atoms with Gasteiger partial charge < -0.3 is 5.32 Å². The summed E-state index contributed by atoms with van der Waals surface area (Å²) in [5, 5.41) is 3.78. The molecule has 2 saturated carbocycles. The van der Waals surface area contributed by atoms with Crippen molar-refractivity contribution >= 4 is 0 Å². The van der Waals surface area contributed by atoms with Crippen LogP contribution in [0.4, 0.5) is 0 Å². The van der Waals surface area contributed by atoms with Crippen molar-refractivity contribution in [3.05, 3.63) is 0 Å². The van der Waals surface area contributed by atoms with E-state index in [9.17, 15) is 0 Å². The van der Waals surface area contributed by atoms with Crippen molar-refractivity contribution in [2.45, 2.75) is 65.3 Å². The van der Waals surface area contributed by atoms with Gasteiger partial charge in [-0.05, 0) is 49.5 Å². The molecule has 1 N–H and O–H groups in total. The first kappa shape index (κ1) is 11.4. The summed E-state index contributed by atoms with van der Waals surface area (Å²) in [5.74, 6) is 1.93. The van der Waals surface area contributed by atoms with Crippen LogP contribution in [-0.4, -0.2) is 12.6 Å². The lowest BCUT2D eigenvalue weighted by molar-refractivity contribution is 0.113. The van der Waals surface area contributed by atoms with E-state index in [1.807, 2.05) is 0 Å². The largest absolute Gasteiger partial charge is 0.314 e. The number of rotatable bonds is 4. The predicted octanol–water partition coefficient (Wildman–Crippen LogP) is 3.59. The van der Waals surface area contributed by atoms with Gasteiger partial charge in [-0.15, -0.1) is 0 Å². The fourth-order valence-electron chi connectivity index (χ4n) is 3.69. The van der Waals surface area contributed by atoms with Crippen LogP contribution in [0.3, 0.4) is 0 Å². The van der Waals surface area contributed by atoms with Crippen molar-refractivity contribution in [2.75, 3.05) is 6.54 Å². The highest BCUT2D eigenvalue weighted by Gasteiger charge is 2.43. The highest BCUT2D eigenvalue weighted by atomic mass is 14.9. The third-order valence-corrected chi connectivity index (χ3v) is 4.87. The Balaban J connectivity index is 2.02. The van der Waals surface area contributed by atoms with E-state index >= 15 is 0 Å². The van der Waals surface area contributed by atoms with Crippen LogP contribution in [0.25, 0.3) is 0 Å². The Bertz CT molecular complexity index is 205. The van der Waals surface area contributed by atoms with Gasteiger partial charge >= 0.3 is 0 Å². The monoisotopic (exact) mass is 209 g/mol. The number of hydrogen-bond donors (Lipinski definition) is 1. The molecule has 2 aliphatic rings. The quantitative estimate of drug-likeness (QED) is 0.746. The van der Waals surface area contributed by atoms with Gasteiger partial charge in [0.2, 0.25) is 0 Å². The zero-order valence-corrected chi connectivity index (χ0v) is 10.7. The molecular weight excluding hydrogens is 182 g/mol. The average molecular weight is 209 g/mol. The number of nitrogens with one attached hydrogen (secondary N) is 1. The van der Waals surface area contributed by atoms with Gasteiger partial charge in [-0.1, -0.05) is 33.6 Å². The van der Waals surface area contributed by atoms with E-state index in [1.54, 1.807) is 0 Å². The first-order valence-corrected chi connectivity index (χ1v) is 6.88. The lowest BCUT2D eigenvalue weighted by Crippen LogP contribution is -2.47. The average Bonchev–Trinajstić information content (AvgIpc) is 2.41. The van der Waals surface area contributed by atoms with E-state index in [0.29, 0.717) is 5.41 Å². The smallest absolute Gasteiger partial charge is 0.0129 e. The lowest BCUT2D eigenvalue weighted by Gasteiger charge is -2.43. The summed E-state index contributed by atoms with van der Waals surface area (Å²) in [6, 6.07) is 0.821. The maximum absolute atomic E-state index is 3.78. The van der Waals surface area contributed by atoms with Crippen molar-refractivity contribution in [3.63, 3.8) is 0 Å². The molecule has 0 bridgehead atoms. The Labute approximate surface area is 95.0 Å². The van der Waals surface area contributed by atoms with Gasteiger partial charge in [0.15, 0.2) is 0 Å². The topological polar surface area (TPSA) is 12.0 Å². The van der Waals surface area contributed by atoms with Crippen LogP contribution < -0.4 is 5.32 Å². The fourth-order valence-corrected chi connectivity index (χ4v) is 3.69. The molecule has 0 aliphatic heterocycles. The molecule has 15 heavy (non-hydrogen) atoms. The molecule has 2 fully saturated rings. The first-order valence-electron chi connectivity index (χ1n) is 6.88. The minimum absolute atomic E-state index is 0.586. The highest BCUT2D eigenvalue weighted by molar-refractivity contribution is 4.96. The van der Waals surface area contributed by atoms with Crippen LogP contribution >= 0.6 is 0 Å². The van der Waals surface area contributed by atoms with E-state index in [2.05, 4.69) is 26.1 Å². The summed E-state index contributed by atoms with van der Waals surface area (Å²) in [7, 11) is 0. The Morgan fingerprint density at radius 2 is 1.93 bits per heavy atom. The molecule has 0 aromatic rings. The Morgan fingerprint density at radius 1 is 1.20 bits per heavy atom. The SMILES string of the molecule is CCNC(C1CCC1)C1CCCC1(C)C. The summed E-state index contributed by atoms with van der Waals surface area (Å²) in [6.07, 6.45) is 8.77. The first-order chi connectivity index (χ1) is 7.15. The van der Waals surface area contributed by atoms with Crippen molar-refractivity contribution in [3.8, 4) is 0 Å². The van der Waals surface area contributed by atoms with Gasteiger partial charge in [0.1, 0.15) is 0 Å². The Hall–Kier alpha value is -0.0400. The van der Waals surface area contributed by atoms with Crippen LogP contribution in [-0.2, 0) is 0 Å². The third kappa shape index (κ3) is 2.22. The molecule has 0 aromatic heterocycles.